The molecule has 0 spiro atoms. The molecule has 15 heavy (non-hydrogen) atoms. The van der Waals surface area contributed by atoms with Crippen LogP contribution in [0.25, 0.3) is 0 Å². The van der Waals surface area contributed by atoms with Crippen LogP contribution in [0.1, 0.15) is 36.3 Å². The van der Waals surface area contributed by atoms with Crippen molar-refractivity contribution in [3.8, 4) is 0 Å². The number of rotatable bonds is 4. The van der Waals surface area contributed by atoms with Crippen LogP contribution in [0.3, 0.4) is 0 Å². The lowest BCUT2D eigenvalue weighted by atomic mass is 9.90. The first kappa shape index (κ1) is 13.2. The van der Waals surface area contributed by atoms with Gasteiger partial charge in [0.2, 0.25) is 0 Å². The Bertz CT molecular complexity index is 290. The molecule has 0 aliphatic carbocycles. The third-order valence-corrected chi connectivity index (χ3v) is 4.70. The van der Waals surface area contributed by atoms with Crippen LogP contribution in [0.15, 0.2) is 0 Å². The molecule has 1 rings (SSSR count). The first-order valence-electron chi connectivity index (χ1n) is 5.48. The Morgan fingerprint density at radius 1 is 1.27 bits per heavy atom. The van der Waals surface area contributed by atoms with Gasteiger partial charge >= 0.3 is 0 Å². The first-order chi connectivity index (χ1) is 6.91. The van der Waals surface area contributed by atoms with Crippen molar-refractivity contribution >= 4 is 27.3 Å². The van der Waals surface area contributed by atoms with E-state index in [4.69, 9.17) is 0 Å². The molecule has 0 N–H and O–H groups in total. The van der Waals surface area contributed by atoms with Crippen molar-refractivity contribution in [1.82, 2.24) is 4.98 Å². The first-order valence-corrected chi connectivity index (χ1v) is 7.22. The van der Waals surface area contributed by atoms with Crippen molar-refractivity contribution < 1.29 is 0 Å². The van der Waals surface area contributed by atoms with Gasteiger partial charge in [0.05, 0.1) is 10.7 Å². The van der Waals surface area contributed by atoms with Gasteiger partial charge in [0.1, 0.15) is 0 Å². The largest absolute Gasteiger partial charge is 0.246 e. The van der Waals surface area contributed by atoms with E-state index in [1.165, 1.54) is 15.6 Å². The van der Waals surface area contributed by atoms with E-state index >= 15 is 0 Å². The van der Waals surface area contributed by atoms with E-state index < -0.39 is 0 Å². The molecule has 0 saturated carbocycles. The highest BCUT2D eigenvalue weighted by Gasteiger charge is 2.20. The number of alkyl halides is 1. The number of thiazole rings is 1. The third-order valence-electron chi connectivity index (χ3n) is 2.93. The maximum Gasteiger partial charge on any atom is 0.0934 e. The van der Waals surface area contributed by atoms with Crippen LogP contribution in [0.5, 0.6) is 0 Å². The predicted octanol–water partition coefficient (Wildman–Crippen LogP) is 4.36. The molecule has 86 valence electrons. The minimum absolute atomic E-state index is 0.557. The summed E-state index contributed by atoms with van der Waals surface area (Å²) in [5, 5.41) is 1.29. The van der Waals surface area contributed by atoms with Crippen molar-refractivity contribution in [1.29, 1.82) is 0 Å². The van der Waals surface area contributed by atoms with E-state index in [2.05, 4.69) is 55.5 Å². The van der Waals surface area contributed by atoms with Crippen molar-refractivity contribution in [2.45, 2.75) is 45.9 Å². The molecular formula is C12H20BrNS. The zero-order chi connectivity index (χ0) is 11.6. The highest BCUT2D eigenvalue weighted by molar-refractivity contribution is 9.09. The van der Waals surface area contributed by atoms with Crippen LogP contribution in [0.4, 0.5) is 0 Å². The Morgan fingerprint density at radius 2 is 1.87 bits per heavy atom. The SMILES string of the molecule is Cc1nc(CC(C(C)C)C(C)Br)sc1C. The molecule has 0 aliphatic rings. The molecule has 1 nitrogen and oxygen atoms in total. The Hall–Kier alpha value is 0.110. The van der Waals surface area contributed by atoms with E-state index in [-0.39, 0.29) is 0 Å². The lowest BCUT2D eigenvalue weighted by molar-refractivity contribution is 0.383. The fourth-order valence-corrected chi connectivity index (χ4v) is 3.56. The van der Waals surface area contributed by atoms with Gasteiger partial charge in [0.15, 0.2) is 0 Å². The van der Waals surface area contributed by atoms with E-state index in [1.54, 1.807) is 0 Å². The summed E-state index contributed by atoms with van der Waals surface area (Å²) < 4.78 is 0. The van der Waals surface area contributed by atoms with Crippen LogP contribution in [-0.4, -0.2) is 9.81 Å². The molecule has 1 aromatic rings. The van der Waals surface area contributed by atoms with Gasteiger partial charge in [-0.1, -0.05) is 36.7 Å². The second kappa shape index (κ2) is 5.44. The number of hydrogen-bond donors (Lipinski definition) is 0. The van der Waals surface area contributed by atoms with Gasteiger partial charge in [0.25, 0.3) is 0 Å². The molecule has 2 unspecified atom stereocenters. The summed E-state index contributed by atoms with van der Waals surface area (Å²) in [5.74, 6) is 1.37. The zero-order valence-corrected chi connectivity index (χ0v) is 12.6. The summed E-state index contributed by atoms with van der Waals surface area (Å²) in [4.78, 5) is 6.53. The van der Waals surface area contributed by atoms with Gasteiger partial charge in [-0.05, 0) is 25.7 Å². The molecule has 0 aliphatic heterocycles. The summed E-state index contributed by atoms with van der Waals surface area (Å²) in [6.07, 6.45) is 1.10. The summed E-state index contributed by atoms with van der Waals surface area (Å²) >= 11 is 5.55. The molecule has 3 heteroatoms. The minimum Gasteiger partial charge on any atom is -0.246 e. The van der Waals surface area contributed by atoms with Crippen LogP contribution in [0, 0.1) is 25.7 Å². The van der Waals surface area contributed by atoms with Gasteiger partial charge in [-0.2, -0.15) is 0 Å². The van der Waals surface area contributed by atoms with Gasteiger partial charge < -0.3 is 0 Å². The van der Waals surface area contributed by atoms with Crippen LogP contribution in [0.2, 0.25) is 0 Å². The number of nitrogens with zero attached hydrogens (tertiary/aromatic N) is 1. The average molecular weight is 290 g/mol. The van der Waals surface area contributed by atoms with E-state index in [0.29, 0.717) is 16.7 Å². The Balaban J connectivity index is 2.74. The molecule has 0 saturated heterocycles. The zero-order valence-electron chi connectivity index (χ0n) is 10.2. The van der Waals surface area contributed by atoms with Gasteiger partial charge in [0, 0.05) is 16.1 Å². The maximum atomic E-state index is 4.61. The molecular weight excluding hydrogens is 270 g/mol. The van der Waals surface area contributed by atoms with Gasteiger partial charge in [-0.3, -0.25) is 0 Å². The van der Waals surface area contributed by atoms with Crippen molar-refractivity contribution in [2.75, 3.05) is 0 Å². The smallest absolute Gasteiger partial charge is 0.0934 e. The number of hydrogen-bond acceptors (Lipinski definition) is 2. The second-order valence-corrected chi connectivity index (χ2v) is 7.27. The highest BCUT2D eigenvalue weighted by atomic mass is 79.9. The Labute approximate surface area is 105 Å². The van der Waals surface area contributed by atoms with Crippen molar-refractivity contribution in [2.24, 2.45) is 11.8 Å². The second-order valence-electron chi connectivity index (χ2n) is 4.54. The molecule has 0 aromatic carbocycles. The fourth-order valence-electron chi connectivity index (χ4n) is 1.76. The van der Waals surface area contributed by atoms with Crippen molar-refractivity contribution in [3.05, 3.63) is 15.6 Å². The number of halogens is 1. The molecule has 0 amide bonds. The quantitative estimate of drug-likeness (QED) is 0.751. The summed E-state index contributed by atoms with van der Waals surface area (Å²) in [6.45, 7) is 11.1. The molecule has 2 atom stereocenters. The van der Waals surface area contributed by atoms with E-state index in [0.717, 1.165) is 6.42 Å². The predicted molar refractivity (Wildman–Crippen MR) is 72.0 cm³/mol. The number of aryl methyl sites for hydroxylation is 2. The number of aromatic nitrogens is 1. The van der Waals surface area contributed by atoms with E-state index in [9.17, 15) is 0 Å². The molecule has 0 bridgehead atoms. The Kier molecular flexibility index (Phi) is 4.78. The van der Waals surface area contributed by atoms with E-state index in [1.807, 2.05) is 11.3 Å². The third kappa shape index (κ3) is 3.56. The molecule has 1 heterocycles. The lowest BCUT2D eigenvalue weighted by Gasteiger charge is -2.22. The van der Waals surface area contributed by atoms with Gasteiger partial charge in [-0.25, -0.2) is 4.98 Å². The average Bonchev–Trinajstić information content (AvgIpc) is 2.41. The minimum atomic E-state index is 0.557. The molecule has 1 aromatic heterocycles. The van der Waals surface area contributed by atoms with Crippen LogP contribution >= 0.6 is 27.3 Å². The summed E-state index contributed by atoms with van der Waals surface area (Å²) in [5.41, 5.74) is 1.19. The summed E-state index contributed by atoms with van der Waals surface area (Å²) in [6, 6.07) is 0. The van der Waals surface area contributed by atoms with Crippen LogP contribution < -0.4 is 0 Å². The van der Waals surface area contributed by atoms with Crippen molar-refractivity contribution in [3.63, 3.8) is 0 Å². The van der Waals surface area contributed by atoms with Crippen LogP contribution in [-0.2, 0) is 6.42 Å². The topological polar surface area (TPSA) is 12.9 Å². The fraction of sp³-hybridized carbons (Fsp3) is 0.750. The Morgan fingerprint density at radius 3 is 2.20 bits per heavy atom. The molecule has 0 fully saturated rings. The monoisotopic (exact) mass is 289 g/mol. The highest BCUT2D eigenvalue weighted by Crippen LogP contribution is 2.28. The summed E-state index contributed by atoms with van der Waals surface area (Å²) in [7, 11) is 0. The lowest BCUT2D eigenvalue weighted by Crippen LogP contribution is -2.20. The molecule has 0 radical (unpaired) electrons. The maximum absolute atomic E-state index is 4.61. The standard InChI is InChI=1S/C12H20BrNS/c1-7(2)11(8(3)13)6-12-14-9(4)10(5)15-12/h7-8,11H,6H2,1-5H3. The normalized spacial score (nSPS) is 15.7. The van der Waals surface area contributed by atoms with Gasteiger partial charge in [-0.15, -0.1) is 11.3 Å².